The van der Waals surface area contributed by atoms with Crippen LogP contribution in [0.15, 0.2) is 11.6 Å². The molecule has 144 valence electrons. The summed E-state index contributed by atoms with van der Waals surface area (Å²) in [5.74, 6) is 0.365. The molecule has 0 aromatic rings. The first-order valence-corrected chi connectivity index (χ1v) is 9.63. The van der Waals surface area contributed by atoms with E-state index in [1.165, 1.54) is 51.0 Å². The van der Waals surface area contributed by atoms with E-state index in [9.17, 15) is 0 Å². The van der Waals surface area contributed by atoms with Gasteiger partial charge in [0.15, 0.2) is 0 Å². The second kappa shape index (κ2) is 13.8. The largest absolute Gasteiger partial charge is 0.249 e. The SMILES string of the molecule is C/C(=C\CCCCC(C)(OO)OO)CCCC(C)CCCC(C)C. The summed E-state index contributed by atoms with van der Waals surface area (Å²) >= 11 is 0. The predicted molar refractivity (Wildman–Crippen MR) is 99.8 cm³/mol. The maximum Gasteiger partial charge on any atom is 0.230 e. The number of hydrogen-bond acceptors (Lipinski definition) is 4. The van der Waals surface area contributed by atoms with Crippen molar-refractivity contribution in [2.24, 2.45) is 11.8 Å². The van der Waals surface area contributed by atoms with Gasteiger partial charge in [0.25, 0.3) is 0 Å². The van der Waals surface area contributed by atoms with E-state index < -0.39 is 5.79 Å². The van der Waals surface area contributed by atoms with Crippen molar-refractivity contribution < 1.29 is 20.3 Å². The third kappa shape index (κ3) is 12.9. The van der Waals surface area contributed by atoms with Crippen LogP contribution in [0.25, 0.3) is 0 Å². The van der Waals surface area contributed by atoms with E-state index in [1.807, 2.05) is 0 Å². The summed E-state index contributed by atoms with van der Waals surface area (Å²) < 4.78 is 0. The van der Waals surface area contributed by atoms with Crippen molar-refractivity contribution in [3.8, 4) is 0 Å². The molecular formula is C20H40O4. The smallest absolute Gasteiger partial charge is 0.230 e. The van der Waals surface area contributed by atoms with Gasteiger partial charge >= 0.3 is 0 Å². The Balaban J connectivity index is 3.70. The van der Waals surface area contributed by atoms with Gasteiger partial charge in [-0.05, 0) is 57.8 Å². The third-order valence-electron chi connectivity index (χ3n) is 4.71. The normalized spacial score (nSPS) is 14.4. The fourth-order valence-electron chi connectivity index (χ4n) is 2.90. The van der Waals surface area contributed by atoms with Gasteiger partial charge in [-0.25, -0.2) is 20.3 Å². The molecule has 1 unspecified atom stereocenters. The highest BCUT2D eigenvalue weighted by molar-refractivity contribution is 4.97. The molecule has 0 saturated heterocycles. The van der Waals surface area contributed by atoms with Crippen LogP contribution >= 0.6 is 0 Å². The van der Waals surface area contributed by atoms with Crippen LogP contribution in [0.1, 0.15) is 98.8 Å². The van der Waals surface area contributed by atoms with E-state index in [1.54, 1.807) is 0 Å². The summed E-state index contributed by atoms with van der Waals surface area (Å²) in [5, 5.41) is 17.3. The van der Waals surface area contributed by atoms with Crippen LogP contribution in [0, 0.1) is 11.8 Å². The molecule has 0 bridgehead atoms. The van der Waals surface area contributed by atoms with Crippen LogP contribution in [0.5, 0.6) is 0 Å². The van der Waals surface area contributed by atoms with Crippen LogP contribution in [-0.2, 0) is 9.78 Å². The Hall–Kier alpha value is -0.420. The average molecular weight is 345 g/mol. The topological polar surface area (TPSA) is 58.9 Å². The van der Waals surface area contributed by atoms with Gasteiger partial charge in [-0.3, -0.25) is 0 Å². The molecule has 0 rings (SSSR count). The second-order valence-electron chi connectivity index (χ2n) is 7.93. The van der Waals surface area contributed by atoms with Crippen molar-refractivity contribution in [3.05, 3.63) is 11.6 Å². The minimum absolute atomic E-state index is 0.459. The van der Waals surface area contributed by atoms with Crippen molar-refractivity contribution >= 4 is 0 Å². The lowest BCUT2D eigenvalue weighted by Gasteiger charge is -2.21. The quantitative estimate of drug-likeness (QED) is 0.112. The van der Waals surface area contributed by atoms with E-state index in [0.29, 0.717) is 6.42 Å². The van der Waals surface area contributed by atoms with Gasteiger partial charge in [-0.1, -0.05) is 58.1 Å². The van der Waals surface area contributed by atoms with E-state index in [0.717, 1.165) is 31.1 Å². The summed E-state index contributed by atoms with van der Waals surface area (Å²) in [4.78, 5) is 8.29. The van der Waals surface area contributed by atoms with Crippen molar-refractivity contribution in [2.45, 2.75) is 105 Å². The summed E-state index contributed by atoms with van der Waals surface area (Å²) in [6.07, 6.45) is 13.5. The minimum Gasteiger partial charge on any atom is -0.249 e. The first-order chi connectivity index (χ1) is 11.3. The third-order valence-corrected chi connectivity index (χ3v) is 4.71. The molecule has 0 aromatic carbocycles. The molecule has 0 amide bonds. The average Bonchev–Trinajstić information content (AvgIpc) is 2.54. The van der Waals surface area contributed by atoms with Gasteiger partial charge in [-0.15, -0.1) is 0 Å². The zero-order valence-corrected chi connectivity index (χ0v) is 16.5. The lowest BCUT2D eigenvalue weighted by atomic mass is 9.94. The van der Waals surface area contributed by atoms with Gasteiger partial charge in [0, 0.05) is 6.42 Å². The number of unbranched alkanes of at least 4 members (excludes halogenated alkanes) is 2. The molecular weight excluding hydrogens is 304 g/mol. The molecule has 0 aliphatic heterocycles. The number of rotatable bonds is 15. The van der Waals surface area contributed by atoms with Gasteiger partial charge in [0.2, 0.25) is 5.79 Å². The molecule has 0 fully saturated rings. The van der Waals surface area contributed by atoms with Crippen molar-refractivity contribution in [2.75, 3.05) is 0 Å². The van der Waals surface area contributed by atoms with Gasteiger partial charge < -0.3 is 0 Å². The Morgan fingerprint density at radius 1 is 0.958 bits per heavy atom. The van der Waals surface area contributed by atoms with Crippen molar-refractivity contribution in [1.82, 2.24) is 0 Å². The van der Waals surface area contributed by atoms with E-state index in [2.05, 4.69) is 43.5 Å². The molecule has 0 radical (unpaired) electrons. The molecule has 0 aliphatic carbocycles. The van der Waals surface area contributed by atoms with Crippen LogP contribution in [0.4, 0.5) is 0 Å². The monoisotopic (exact) mass is 344 g/mol. The van der Waals surface area contributed by atoms with Gasteiger partial charge in [0.1, 0.15) is 0 Å². The Labute approximate surface area is 149 Å². The maximum atomic E-state index is 8.66. The first-order valence-electron chi connectivity index (χ1n) is 9.63. The molecule has 0 aromatic heterocycles. The lowest BCUT2D eigenvalue weighted by Crippen LogP contribution is -2.29. The zero-order chi connectivity index (χ0) is 18.4. The standard InChI is InChI=1S/C20H40O4/c1-17(2)11-9-13-19(4)15-10-14-18(3)12-7-6-8-16-20(5,23-21)24-22/h12,17,19,21-22H,6-11,13-16H2,1-5H3/b18-12+. The summed E-state index contributed by atoms with van der Waals surface area (Å²) in [7, 11) is 0. The van der Waals surface area contributed by atoms with E-state index in [4.69, 9.17) is 10.5 Å². The Morgan fingerprint density at radius 2 is 1.58 bits per heavy atom. The van der Waals surface area contributed by atoms with Crippen LogP contribution in [-0.4, -0.2) is 16.3 Å². The van der Waals surface area contributed by atoms with Crippen molar-refractivity contribution in [3.63, 3.8) is 0 Å². The van der Waals surface area contributed by atoms with E-state index in [-0.39, 0.29) is 0 Å². The lowest BCUT2D eigenvalue weighted by molar-refractivity contribution is -0.482. The summed E-state index contributed by atoms with van der Waals surface area (Å²) in [6, 6.07) is 0. The van der Waals surface area contributed by atoms with Crippen LogP contribution < -0.4 is 0 Å². The predicted octanol–water partition coefficient (Wildman–Crippen LogP) is 6.82. The molecule has 4 nitrogen and oxygen atoms in total. The highest BCUT2D eigenvalue weighted by atomic mass is 17.2. The molecule has 0 saturated carbocycles. The minimum atomic E-state index is -1.30. The summed E-state index contributed by atoms with van der Waals surface area (Å²) in [5.41, 5.74) is 1.46. The first kappa shape index (κ1) is 23.6. The molecule has 0 heterocycles. The van der Waals surface area contributed by atoms with Crippen molar-refractivity contribution in [1.29, 1.82) is 0 Å². The van der Waals surface area contributed by atoms with Crippen LogP contribution in [0.3, 0.4) is 0 Å². The highest BCUT2D eigenvalue weighted by Crippen LogP contribution is 2.21. The van der Waals surface area contributed by atoms with Crippen LogP contribution in [0.2, 0.25) is 0 Å². The molecule has 24 heavy (non-hydrogen) atoms. The zero-order valence-electron chi connectivity index (χ0n) is 16.5. The Morgan fingerprint density at radius 3 is 2.17 bits per heavy atom. The molecule has 0 aliphatic rings. The molecule has 0 spiro atoms. The van der Waals surface area contributed by atoms with E-state index >= 15 is 0 Å². The number of allylic oxidation sites excluding steroid dienone is 2. The van der Waals surface area contributed by atoms with Gasteiger partial charge in [-0.2, -0.15) is 0 Å². The van der Waals surface area contributed by atoms with Gasteiger partial charge in [0.05, 0.1) is 0 Å². The second-order valence-corrected chi connectivity index (χ2v) is 7.93. The Bertz CT molecular complexity index is 322. The molecule has 2 N–H and O–H groups in total. The molecule has 4 heteroatoms. The fourth-order valence-corrected chi connectivity index (χ4v) is 2.90. The maximum absolute atomic E-state index is 8.66. The molecule has 1 atom stereocenters. The fraction of sp³-hybridized carbons (Fsp3) is 0.900. The number of hydrogen-bond donors (Lipinski definition) is 2. The Kier molecular flexibility index (Phi) is 13.6. The summed E-state index contributed by atoms with van der Waals surface area (Å²) in [6.45, 7) is 10.7. The highest BCUT2D eigenvalue weighted by Gasteiger charge is 2.26.